The molecule has 0 unspecified atom stereocenters. The van der Waals surface area contributed by atoms with Crippen LogP contribution in [0.5, 0.6) is 0 Å². The predicted molar refractivity (Wildman–Crippen MR) is 129 cm³/mol. The van der Waals surface area contributed by atoms with E-state index in [0.717, 1.165) is 0 Å². The van der Waals surface area contributed by atoms with Gasteiger partial charge in [-0.25, -0.2) is 12.8 Å². The molecule has 1 heterocycles. The number of nitrogens with one attached hydrogen (secondary N) is 1. The van der Waals surface area contributed by atoms with Crippen LogP contribution in [-0.4, -0.2) is 18.9 Å². The van der Waals surface area contributed by atoms with Gasteiger partial charge in [0.2, 0.25) is 0 Å². The summed E-state index contributed by atoms with van der Waals surface area (Å²) in [6.45, 7) is 3.98. The summed E-state index contributed by atoms with van der Waals surface area (Å²) in [6, 6.07) is 16.3. The van der Waals surface area contributed by atoms with Gasteiger partial charge in [0, 0.05) is 22.8 Å². The van der Waals surface area contributed by atoms with Gasteiger partial charge in [-0.1, -0.05) is 35.1 Å². The molecule has 0 bridgehead atoms. The van der Waals surface area contributed by atoms with Crippen LogP contribution in [0.2, 0.25) is 5.02 Å². The number of nitrogens with zero attached hydrogens (tertiary/aromatic N) is 2. The molecule has 6 nitrogen and oxygen atoms in total. The Morgan fingerprint density at radius 1 is 1.12 bits per heavy atom. The first-order valence-electron chi connectivity index (χ1n) is 9.65. The van der Waals surface area contributed by atoms with Gasteiger partial charge in [-0.3, -0.25) is 9.52 Å². The smallest absolute Gasteiger partial charge is 0.279 e. The van der Waals surface area contributed by atoms with Crippen molar-refractivity contribution in [3.63, 3.8) is 0 Å². The second-order valence-corrected chi connectivity index (χ2v) is 10.1. The summed E-state index contributed by atoms with van der Waals surface area (Å²) in [6.07, 6.45) is 1.60. The topological polar surface area (TPSA) is 80.5 Å². The highest BCUT2D eigenvalue weighted by Crippen LogP contribution is 2.21. The number of carbonyl (C=O) groups is 1. The molecule has 168 valence electrons. The lowest BCUT2D eigenvalue weighted by Crippen LogP contribution is -2.17. The number of halogens is 2. The standard InChI is InChI=1S/C23H17ClFN3O3S2/c1-2-14-28-21-19(25)4-3-5-20(21)32-23(28)26-22(29)15-6-10-17(11-7-15)27-33(30,31)18-12-8-16(24)9-13-18/h2-13,27H,1,14H2. The number of hydrogen-bond donors (Lipinski definition) is 1. The Bertz CT molecular complexity index is 1520. The van der Waals surface area contributed by atoms with E-state index in [-0.39, 0.29) is 16.1 Å². The Morgan fingerprint density at radius 3 is 2.48 bits per heavy atom. The molecule has 0 aliphatic heterocycles. The molecule has 0 spiro atoms. The third-order valence-electron chi connectivity index (χ3n) is 4.67. The Morgan fingerprint density at radius 2 is 1.82 bits per heavy atom. The zero-order valence-corrected chi connectivity index (χ0v) is 19.4. The lowest BCUT2D eigenvalue weighted by Gasteiger charge is -2.08. The molecular weight excluding hydrogens is 485 g/mol. The van der Waals surface area contributed by atoms with Crippen molar-refractivity contribution in [2.24, 2.45) is 4.99 Å². The zero-order valence-electron chi connectivity index (χ0n) is 17.0. The quantitative estimate of drug-likeness (QED) is 0.368. The number of anilines is 1. The molecule has 1 N–H and O–H groups in total. The lowest BCUT2D eigenvalue weighted by molar-refractivity contribution is 0.0998. The van der Waals surface area contributed by atoms with E-state index in [1.807, 2.05) is 0 Å². The Labute approximate surface area is 198 Å². The predicted octanol–water partition coefficient (Wildman–Crippen LogP) is 5.22. The van der Waals surface area contributed by atoms with E-state index in [4.69, 9.17) is 11.6 Å². The highest BCUT2D eigenvalue weighted by atomic mass is 35.5. The summed E-state index contributed by atoms with van der Waals surface area (Å²) in [4.78, 5) is 17.3. The van der Waals surface area contributed by atoms with E-state index in [0.29, 0.717) is 26.6 Å². The van der Waals surface area contributed by atoms with E-state index in [1.54, 1.807) is 22.8 Å². The van der Waals surface area contributed by atoms with Crippen LogP contribution in [0, 0.1) is 5.82 Å². The van der Waals surface area contributed by atoms with Gasteiger partial charge < -0.3 is 4.57 Å². The fourth-order valence-corrected chi connectivity index (χ4v) is 5.37. The van der Waals surface area contributed by atoms with Gasteiger partial charge in [0.25, 0.3) is 15.9 Å². The SMILES string of the molecule is C=CCn1c(=NC(=O)c2ccc(NS(=O)(=O)c3ccc(Cl)cc3)cc2)sc2cccc(F)c21. The zero-order chi connectivity index (χ0) is 23.6. The van der Waals surface area contributed by atoms with Crippen molar-refractivity contribution < 1.29 is 17.6 Å². The van der Waals surface area contributed by atoms with Crippen molar-refractivity contribution in [1.29, 1.82) is 0 Å². The average molecular weight is 502 g/mol. The molecule has 0 saturated heterocycles. The second-order valence-electron chi connectivity index (χ2n) is 6.92. The van der Waals surface area contributed by atoms with Crippen LogP contribution in [0.25, 0.3) is 10.2 Å². The second kappa shape index (κ2) is 9.30. The number of allylic oxidation sites excluding steroid dienone is 1. The first kappa shape index (κ1) is 22.9. The van der Waals surface area contributed by atoms with Crippen LogP contribution in [0.3, 0.4) is 0 Å². The molecule has 1 aromatic heterocycles. The molecule has 0 aliphatic carbocycles. The summed E-state index contributed by atoms with van der Waals surface area (Å²) in [5.41, 5.74) is 0.903. The number of aromatic nitrogens is 1. The number of thiazole rings is 1. The number of rotatable bonds is 6. The van der Waals surface area contributed by atoms with E-state index < -0.39 is 21.7 Å². The Kier molecular flexibility index (Phi) is 6.46. The van der Waals surface area contributed by atoms with Gasteiger partial charge in [-0.05, 0) is 60.7 Å². The van der Waals surface area contributed by atoms with Crippen molar-refractivity contribution in [2.45, 2.75) is 11.4 Å². The average Bonchev–Trinajstić information content (AvgIpc) is 3.12. The molecule has 0 fully saturated rings. The monoisotopic (exact) mass is 501 g/mol. The minimum Gasteiger partial charge on any atom is -0.310 e. The number of amides is 1. The highest BCUT2D eigenvalue weighted by Gasteiger charge is 2.15. The molecule has 1 amide bonds. The van der Waals surface area contributed by atoms with Crippen molar-refractivity contribution in [1.82, 2.24) is 4.57 Å². The molecule has 4 rings (SSSR count). The van der Waals surface area contributed by atoms with Crippen LogP contribution in [-0.2, 0) is 16.6 Å². The van der Waals surface area contributed by atoms with Gasteiger partial charge in [0.05, 0.1) is 15.1 Å². The van der Waals surface area contributed by atoms with Crippen LogP contribution < -0.4 is 9.52 Å². The van der Waals surface area contributed by atoms with Crippen molar-refractivity contribution in [3.05, 3.63) is 101 Å². The fourth-order valence-electron chi connectivity index (χ4n) is 3.13. The van der Waals surface area contributed by atoms with E-state index >= 15 is 0 Å². The van der Waals surface area contributed by atoms with Crippen LogP contribution in [0.1, 0.15) is 10.4 Å². The Hall–Kier alpha value is -3.27. The van der Waals surface area contributed by atoms with E-state index in [9.17, 15) is 17.6 Å². The fraction of sp³-hybridized carbons (Fsp3) is 0.0435. The minimum absolute atomic E-state index is 0.0609. The van der Waals surface area contributed by atoms with E-state index in [1.165, 1.54) is 65.9 Å². The molecule has 33 heavy (non-hydrogen) atoms. The highest BCUT2D eigenvalue weighted by molar-refractivity contribution is 7.92. The summed E-state index contributed by atoms with van der Waals surface area (Å²) in [7, 11) is -3.81. The maximum atomic E-state index is 14.3. The van der Waals surface area contributed by atoms with Gasteiger partial charge in [-0.2, -0.15) is 4.99 Å². The maximum Gasteiger partial charge on any atom is 0.279 e. The largest absolute Gasteiger partial charge is 0.310 e. The maximum absolute atomic E-state index is 14.3. The van der Waals surface area contributed by atoms with Crippen LogP contribution in [0.15, 0.2) is 89.3 Å². The molecule has 0 saturated carbocycles. The third kappa shape index (κ3) is 4.90. The summed E-state index contributed by atoms with van der Waals surface area (Å²) in [5, 5.41) is 0.427. The molecule has 3 aromatic carbocycles. The first-order valence-corrected chi connectivity index (χ1v) is 12.3. The third-order valence-corrected chi connectivity index (χ3v) is 7.36. The molecule has 4 aromatic rings. The van der Waals surface area contributed by atoms with Crippen LogP contribution >= 0.6 is 22.9 Å². The number of para-hydroxylation sites is 1. The van der Waals surface area contributed by atoms with Gasteiger partial charge in [0.15, 0.2) is 4.80 Å². The van der Waals surface area contributed by atoms with Gasteiger partial charge in [-0.15, -0.1) is 6.58 Å². The van der Waals surface area contributed by atoms with Gasteiger partial charge in [0.1, 0.15) is 5.82 Å². The van der Waals surface area contributed by atoms with Crippen molar-refractivity contribution in [2.75, 3.05) is 4.72 Å². The first-order chi connectivity index (χ1) is 15.8. The summed E-state index contributed by atoms with van der Waals surface area (Å²) < 4.78 is 44.0. The van der Waals surface area contributed by atoms with Crippen molar-refractivity contribution >= 4 is 54.8 Å². The van der Waals surface area contributed by atoms with Crippen LogP contribution in [0.4, 0.5) is 10.1 Å². The molecule has 10 heteroatoms. The van der Waals surface area contributed by atoms with Crippen molar-refractivity contribution in [3.8, 4) is 0 Å². The number of carbonyl (C=O) groups excluding carboxylic acids is 1. The Balaban J connectivity index is 1.61. The normalized spacial score (nSPS) is 12.1. The number of benzene rings is 3. The molecular formula is C23H17ClFN3O3S2. The van der Waals surface area contributed by atoms with Gasteiger partial charge >= 0.3 is 0 Å². The number of sulfonamides is 1. The molecule has 0 atom stereocenters. The molecule has 0 aliphatic rings. The lowest BCUT2D eigenvalue weighted by atomic mass is 10.2. The number of hydrogen-bond acceptors (Lipinski definition) is 4. The summed E-state index contributed by atoms with van der Waals surface area (Å²) >= 11 is 7.00. The summed E-state index contributed by atoms with van der Waals surface area (Å²) in [5.74, 6) is -0.941. The minimum atomic E-state index is -3.81. The van der Waals surface area contributed by atoms with E-state index in [2.05, 4.69) is 16.3 Å². The molecule has 0 radical (unpaired) electrons. The number of fused-ring (bicyclic) bond motifs is 1.